The van der Waals surface area contributed by atoms with Crippen molar-refractivity contribution in [1.29, 1.82) is 0 Å². The van der Waals surface area contributed by atoms with Gasteiger partial charge in [-0.05, 0) is 68.3 Å². The summed E-state index contributed by atoms with van der Waals surface area (Å²) < 4.78 is 61.5. The summed E-state index contributed by atoms with van der Waals surface area (Å²) in [7, 11) is 0. The van der Waals surface area contributed by atoms with E-state index in [2.05, 4.69) is 10.5 Å². The first-order valence-corrected chi connectivity index (χ1v) is 13.1. The quantitative estimate of drug-likeness (QED) is 0.122. The summed E-state index contributed by atoms with van der Waals surface area (Å²) in [5, 5.41) is 15.3. The number of rotatable bonds is 13. The number of alkyl halides is 3. The van der Waals surface area contributed by atoms with E-state index in [1.165, 1.54) is 24.4 Å². The molecule has 42 heavy (non-hydrogen) atoms. The van der Waals surface area contributed by atoms with Crippen molar-refractivity contribution in [2.24, 2.45) is 5.10 Å². The van der Waals surface area contributed by atoms with Gasteiger partial charge in [0.05, 0.1) is 41.5 Å². The van der Waals surface area contributed by atoms with Crippen LogP contribution in [0, 0.1) is 10.1 Å². The van der Waals surface area contributed by atoms with Crippen LogP contribution in [0.4, 0.5) is 18.9 Å². The van der Waals surface area contributed by atoms with E-state index in [4.69, 9.17) is 30.5 Å². The zero-order valence-electron chi connectivity index (χ0n) is 22.8. The number of hydrazone groups is 1. The third-order valence-electron chi connectivity index (χ3n) is 5.37. The summed E-state index contributed by atoms with van der Waals surface area (Å²) >= 11 is 6.36. The normalized spacial score (nSPS) is 11.3. The Bertz CT molecular complexity index is 1470. The van der Waals surface area contributed by atoms with Crippen molar-refractivity contribution in [2.45, 2.75) is 33.4 Å². The van der Waals surface area contributed by atoms with Crippen LogP contribution in [-0.2, 0) is 6.18 Å². The number of benzene rings is 3. The largest absolute Gasteiger partial charge is 0.490 e. The van der Waals surface area contributed by atoms with E-state index < -0.39 is 34.0 Å². The van der Waals surface area contributed by atoms with Crippen molar-refractivity contribution in [2.75, 3.05) is 19.8 Å². The SMILES string of the molecule is CCCOc1ccc(C(=O)N/N=C/c2cc(Cl)c(Oc3ccc(C(F)(F)F)cc3[N+](=O)[O-])c(OCC)c2)cc1OCC. The third-order valence-corrected chi connectivity index (χ3v) is 5.65. The zero-order valence-corrected chi connectivity index (χ0v) is 23.5. The molecule has 1 amide bonds. The topological polar surface area (TPSA) is 122 Å². The van der Waals surface area contributed by atoms with Crippen molar-refractivity contribution >= 4 is 29.4 Å². The molecule has 0 heterocycles. The highest BCUT2D eigenvalue weighted by molar-refractivity contribution is 6.32. The summed E-state index contributed by atoms with van der Waals surface area (Å²) in [4.78, 5) is 23.1. The molecule has 10 nitrogen and oxygen atoms in total. The lowest BCUT2D eigenvalue weighted by molar-refractivity contribution is -0.385. The molecular weight excluding hydrogens is 583 g/mol. The molecule has 0 aromatic heterocycles. The maximum absolute atomic E-state index is 13.1. The number of hydrogen-bond donors (Lipinski definition) is 1. The first-order valence-electron chi connectivity index (χ1n) is 12.7. The molecule has 0 radical (unpaired) electrons. The minimum absolute atomic E-state index is 0.0380. The monoisotopic (exact) mass is 609 g/mol. The first-order chi connectivity index (χ1) is 20.0. The van der Waals surface area contributed by atoms with Gasteiger partial charge in [0.15, 0.2) is 23.0 Å². The number of nitrogens with zero attached hydrogens (tertiary/aromatic N) is 2. The Kier molecular flexibility index (Phi) is 11.0. The number of halogens is 4. The van der Waals surface area contributed by atoms with Gasteiger partial charge in [0.2, 0.25) is 5.75 Å². The minimum atomic E-state index is -4.79. The molecule has 3 aromatic carbocycles. The molecule has 0 aliphatic rings. The molecule has 0 saturated carbocycles. The van der Waals surface area contributed by atoms with Gasteiger partial charge >= 0.3 is 11.9 Å². The lowest BCUT2D eigenvalue weighted by Gasteiger charge is -2.15. The number of ether oxygens (including phenoxy) is 4. The first kappa shape index (κ1) is 32.0. The number of hydrogen-bond acceptors (Lipinski definition) is 8. The lowest BCUT2D eigenvalue weighted by Crippen LogP contribution is -2.17. The van der Waals surface area contributed by atoms with E-state index in [1.54, 1.807) is 19.1 Å². The van der Waals surface area contributed by atoms with Gasteiger partial charge in [-0.15, -0.1) is 0 Å². The Balaban J connectivity index is 1.83. The Labute approximate surface area is 244 Å². The molecule has 0 aliphatic heterocycles. The summed E-state index contributed by atoms with van der Waals surface area (Å²) in [6.07, 6.45) is -2.70. The van der Waals surface area contributed by atoms with Crippen molar-refractivity contribution < 1.29 is 41.8 Å². The molecular formula is C28H27ClF3N3O7. The summed E-state index contributed by atoms with van der Waals surface area (Å²) in [6.45, 7) is 6.45. The van der Waals surface area contributed by atoms with Gasteiger partial charge in [-0.2, -0.15) is 18.3 Å². The van der Waals surface area contributed by atoms with Crippen molar-refractivity contribution in [1.82, 2.24) is 5.43 Å². The van der Waals surface area contributed by atoms with Crippen LogP contribution < -0.4 is 24.4 Å². The predicted octanol–water partition coefficient (Wildman–Crippen LogP) is 7.41. The number of amides is 1. The molecule has 0 atom stereocenters. The molecule has 14 heteroatoms. The van der Waals surface area contributed by atoms with Gasteiger partial charge in [-0.3, -0.25) is 14.9 Å². The second kappa shape index (κ2) is 14.4. The van der Waals surface area contributed by atoms with E-state index >= 15 is 0 Å². The van der Waals surface area contributed by atoms with Gasteiger partial charge in [-0.1, -0.05) is 18.5 Å². The van der Waals surface area contributed by atoms with E-state index in [0.717, 1.165) is 12.5 Å². The van der Waals surface area contributed by atoms with Crippen LogP contribution in [0.25, 0.3) is 0 Å². The fourth-order valence-corrected chi connectivity index (χ4v) is 3.79. The third kappa shape index (κ3) is 8.26. The van der Waals surface area contributed by atoms with E-state index in [0.29, 0.717) is 42.4 Å². The van der Waals surface area contributed by atoms with Crippen LogP contribution in [-0.4, -0.2) is 36.9 Å². The molecule has 3 aromatic rings. The number of carbonyl (C=O) groups is 1. The molecule has 0 spiro atoms. The lowest BCUT2D eigenvalue weighted by atomic mass is 10.1. The maximum atomic E-state index is 13.1. The van der Waals surface area contributed by atoms with Gasteiger partial charge in [0.1, 0.15) is 0 Å². The van der Waals surface area contributed by atoms with E-state index in [-0.39, 0.29) is 28.7 Å². The molecule has 0 unspecified atom stereocenters. The molecule has 224 valence electrons. The van der Waals surface area contributed by atoms with Crippen molar-refractivity contribution in [3.8, 4) is 28.7 Å². The van der Waals surface area contributed by atoms with Gasteiger partial charge in [0.25, 0.3) is 5.91 Å². The van der Waals surface area contributed by atoms with Crippen LogP contribution in [0.3, 0.4) is 0 Å². The molecule has 0 fully saturated rings. The van der Waals surface area contributed by atoms with Crippen molar-refractivity contribution in [3.05, 3.63) is 80.4 Å². The van der Waals surface area contributed by atoms with Crippen LogP contribution >= 0.6 is 11.6 Å². The molecule has 1 N–H and O–H groups in total. The Hall–Kier alpha value is -4.52. The Morgan fingerprint density at radius 3 is 2.31 bits per heavy atom. The number of nitro benzene ring substituents is 1. The summed E-state index contributed by atoms with van der Waals surface area (Å²) in [6, 6.07) is 9.40. The Morgan fingerprint density at radius 1 is 0.976 bits per heavy atom. The second-order valence-corrected chi connectivity index (χ2v) is 8.85. The second-order valence-electron chi connectivity index (χ2n) is 8.44. The summed E-state index contributed by atoms with van der Waals surface area (Å²) in [5.74, 6) is -0.185. The van der Waals surface area contributed by atoms with Crippen LogP contribution in [0.15, 0.2) is 53.6 Å². The molecule has 3 rings (SSSR count). The predicted molar refractivity (Wildman–Crippen MR) is 149 cm³/mol. The highest BCUT2D eigenvalue weighted by atomic mass is 35.5. The Morgan fingerprint density at radius 2 is 1.67 bits per heavy atom. The van der Waals surface area contributed by atoms with E-state index in [1.807, 2.05) is 13.8 Å². The highest BCUT2D eigenvalue weighted by Crippen LogP contribution is 2.43. The van der Waals surface area contributed by atoms with Crippen LogP contribution in [0.1, 0.15) is 48.7 Å². The fourth-order valence-electron chi connectivity index (χ4n) is 3.54. The van der Waals surface area contributed by atoms with Crippen LogP contribution in [0.5, 0.6) is 28.7 Å². The zero-order chi connectivity index (χ0) is 30.9. The number of nitro groups is 1. The minimum Gasteiger partial charge on any atom is -0.490 e. The fraction of sp³-hybridized carbons (Fsp3) is 0.286. The van der Waals surface area contributed by atoms with Gasteiger partial charge in [-0.25, -0.2) is 5.43 Å². The maximum Gasteiger partial charge on any atom is 0.416 e. The smallest absolute Gasteiger partial charge is 0.416 e. The van der Waals surface area contributed by atoms with Gasteiger partial charge < -0.3 is 18.9 Å². The van der Waals surface area contributed by atoms with E-state index in [9.17, 15) is 28.1 Å². The van der Waals surface area contributed by atoms with Crippen LogP contribution in [0.2, 0.25) is 5.02 Å². The molecule has 0 saturated heterocycles. The van der Waals surface area contributed by atoms with Crippen molar-refractivity contribution in [3.63, 3.8) is 0 Å². The molecule has 0 bridgehead atoms. The van der Waals surface area contributed by atoms with Gasteiger partial charge in [0, 0.05) is 11.6 Å². The standard InChI is InChI=1S/C28H27ClF3N3O7/c1-4-11-41-23-9-7-18(14-24(23)39-5-2)27(36)34-33-16-17-12-20(29)26(25(13-17)40-6-3)42-22-10-8-19(28(30,31)32)15-21(22)35(37)38/h7-10,12-16H,4-6,11H2,1-3H3,(H,34,36)/b33-16+. The average Bonchev–Trinajstić information content (AvgIpc) is 2.93. The summed E-state index contributed by atoms with van der Waals surface area (Å²) in [5.41, 5.74) is 0.909. The number of nitrogens with one attached hydrogen (secondary N) is 1. The average molecular weight is 610 g/mol. The highest BCUT2D eigenvalue weighted by Gasteiger charge is 2.33. The molecule has 0 aliphatic carbocycles. The number of carbonyl (C=O) groups excluding carboxylic acids is 1.